The van der Waals surface area contributed by atoms with E-state index in [0.717, 1.165) is 25.2 Å². The molecule has 3 rings (SSSR count). The van der Waals surface area contributed by atoms with Crippen molar-refractivity contribution < 1.29 is 18.3 Å². The molecule has 0 bridgehead atoms. The monoisotopic (exact) mass is 352 g/mol. The number of benzene rings is 1. The van der Waals surface area contributed by atoms with Gasteiger partial charge in [0.1, 0.15) is 0 Å². The molecule has 2 unspecified atom stereocenters. The first-order chi connectivity index (χ1) is 12.1. The summed E-state index contributed by atoms with van der Waals surface area (Å²) in [4.78, 5) is 0. The molecule has 1 saturated carbocycles. The molecule has 0 spiro atoms. The summed E-state index contributed by atoms with van der Waals surface area (Å²) < 4.78 is 40.0. The summed E-state index contributed by atoms with van der Waals surface area (Å²) in [5.41, 5.74) is 0.428. The maximum absolute atomic E-state index is 14.5. The molecule has 25 heavy (non-hydrogen) atoms. The third kappa shape index (κ3) is 4.33. The lowest BCUT2D eigenvalue weighted by atomic mass is 9.77. The van der Waals surface area contributed by atoms with Crippen LogP contribution in [-0.4, -0.2) is 19.3 Å². The largest absolute Gasteiger partial charge is 0.490 e. The second kappa shape index (κ2) is 8.48. The summed E-state index contributed by atoms with van der Waals surface area (Å²) in [7, 11) is 0. The molecule has 2 atom stereocenters. The maximum Gasteiger partial charge on any atom is 0.200 e. The van der Waals surface area contributed by atoms with Gasteiger partial charge >= 0.3 is 0 Å². The van der Waals surface area contributed by atoms with Crippen LogP contribution in [0.25, 0.3) is 0 Å². The minimum Gasteiger partial charge on any atom is -0.490 e. The average molecular weight is 352 g/mol. The molecule has 1 aliphatic heterocycles. The Kier molecular flexibility index (Phi) is 6.32. The fourth-order valence-corrected chi connectivity index (χ4v) is 4.23. The fraction of sp³-hybridized carbons (Fsp3) is 0.714. The third-order valence-corrected chi connectivity index (χ3v) is 5.88. The lowest BCUT2D eigenvalue weighted by Gasteiger charge is -2.37. The van der Waals surface area contributed by atoms with Gasteiger partial charge in [-0.05, 0) is 55.6 Å². The van der Waals surface area contributed by atoms with Gasteiger partial charge in [0, 0.05) is 5.92 Å². The molecule has 2 fully saturated rings. The van der Waals surface area contributed by atoms with Crippen LogP contribution in [0.15, 0.2) is 12.1 Å². The van der Waals surface area contributed by atoms with E-state index in [1.807, 2.05) is 6.92 Å². The molecular weight excluding hydrogens is 322 g/mol. The number of hydrogen-bond donors (Lipinski definition) is 0. The molecule has 1 heterocycles. The lowest BCUT2D eigenvalue weighted by molar-refractivity contribution is -0.0432. The van der Waals surface area contributed by atoms with E-state index in [9.17, 15) is 8.78 Å². The Balaban J connectivity index is 1.60. The molecule has 0 radical (unpaired) electrons. The molecule has 4 heteroatoms. The van der Waals surface area contributed by atoms with Crippen LogP contribution < -0.4 is 4.74 Å². The summed E-state index contributed by atoms with van der Waals surface area (Å²) >= 11 is 0. The van der Waals surface area contributed by atoms with E-state index in [-0.39, 0.29) is 11.7 Å². The van der Waals surface area contributed by atoms with Crippen molar-refractivity contribution in [3.05, 3.63) is 29.3 Å². The Hall–Kier alpha value is -1.16. The van der Waals surface area contributed by atoms with E-state index in [1.165, 1.54) is 25.7 Å². The van der Waals surface area contributed by atoms with Gasteiger partial charge in [-0.2, -0.15) is 4.39 Å². The van der Waals surface area contributed by atoms with E-state index in [4.69, 9.17) is 9.47 Å². The first kappa shape index (κ1) is 18.6. The summed E-state index contributed by atoms with van der Waals surface area (Å²) in [5, 5.41) is 0. The third-order valence-electron chi connectivity index (χ3n) is 5.88. The van der Waals surface area contributed by atoms with E-state index < -0.39 is 11.6 Å². The smallest absolute Gasteiger partial charge is 0.200 e. The Labute approximate surface area is 149 Å². The predicted octanol–water partition coefficient (Wildman–Crippen LogP) is 5.84. The molecule has 0 amide bonds. The van der Waals surface area contributed by atoms with Crippen molar-refractivity contribution in [1.82, 2.24) is 0 Å². The van der Waals surface area contributed by atoms with Crippen molar-refractivity contribution in [2.45, 2.75) is 70.8 Å². The van der Waals surface area contributed by atoms with Gasteiger partial charge in [0.25, 0.3) is 0 Å². The van der Waals surface area contributed by atoms with Gasteiger partial charge in [-0.3, -0.25) is 0 Å². The average Bonchev–Trinajstić information content (AvgIpc) is 2.64. The normalized spacial score (nSPS) is 30.2. The number of ether oxygens (including phenoxy) is 2. The zero-order valence-electron chi connectivity index (χ0n) is 15.4. The van der Waals surface area contributed by atoms with Crippen LogP contribution in [0, 0.1) is 23.5 Å². The van der Waals surface area contributed by atoms with Gasteiger partial charge < -0.3 is 9.47 Å². The van der Waals surface area contributed by atoms with Crippen molar-refractivity contribution in [3.63, 3.8) is 0 Å². The highest BCUT2D eigenvalue weighted by Gasteiger charge is 2.32. The van der Waals surface area contributed by atoms with E-state index in [2.05, 4.69) is 6.92 Å². The molecule has 0 aromatic heterocycles. The molecule has 1 aromatic rings. The van der Waals surface area contributed by atoms with Crippen LogP contribution in [-0.2, 0) is 4.74 Å². The minimum absolute atomic E-state index is 0.00836. The van der Waals surface area contributed by atoms with Crippen molar-refractivity contribution in [3.8, 4) is 5.75 Å². The second-order valence-corrected chi connectivity index (χ2v) is 7.80. The van der Waals surface area contributed by atoms with E-state index >= 15 is 0 Å². The van der Waals surface area contributed by atoms with Crippen LogP contribution in [0.3, 0.4) is 0 Å². The van der Waals surface area contributed by atoms with Crippen molar-refractivity contribution in [1.29, 1.82) is 0 Å². The summed E-state index contributed by atoms with van der Waals surface area (Å²) in [5.74, 6) is -0.217. The van der Waals surface area contributed by atoms with Crippen molar-refractivity contribution >= 4 is 0 Å². The zero-order valence-corrected chi connectivity index (χ0v) is 15.4. The van der Waals surface area contributed by atoms with Crippen LogP contribution in [0.1, 0.15) is 70.3 Å². The molecule has 1 aromatic carbocycles. The first-order valence-electron chi connectivity index (χ1n) is 9.82. The maximum atomic E-state index is 14.5. The molecule has 140 valence electrons. The van der Waals surface area contributed by atoms with Crippen molar-refractivity contribution in [2.75, 3.05) is 13.2 Å². The second-order valence-electron chi connectivity index (χ2n) is 7.80. The SMILES string of the molecule is CCCOc1ccc(C2CCC(C3CCC(C)CC3)OC2)c(F)c1F. The van der Waals surface area contributed by atoms with Crippen molar-refractivity contribution in [2.24, 2.45) is 11.8 Å². The Morgan fingerprint density at radius 1 is 1.04 bits per heavy atom. The number of rotatable bonds is 5. The van der Waals surface area contributed by atoms with Crippen LogP contribution >= 0.6 is 0 Å². The summed E-state index contributed by atoms with van der Waals surface area (Å²) in [6, 6.07) is 3.22. The number of hydrogen-bond acceptors (Lipinski definition) is 2. The van der Waals surface area contributed by atoms with Gasteiger partial charge in [0.15, 0.2) is 11.6 Å². The Bertz CT molecular complexity index is 559. The van der Waals surface area contributed by atoms with Crippen LogP contribution in [0.5, 0.6) is 5.75 Å². The standard InChI is InChI=1S/C21H30F2O2/c1-3-12-24-19-11-9-17(20(22)21(19)23)16-8-10-18(25-13-16)15-6-4-14(2)5-7-15/h9,11,14-16,18H,3-8,10,12-13H2,1-2H3. The van der Waals surface area contributed by atoms with Crippen LogP contribution in [0.4, 0.5) is 8.78 Å². The molecule has 1 saturated heterocycles. The van der Waals surface area contributed by atoms with E-state index in [0.29, 0.717) is 30.8 Å². The van der Waals surface area contributed by atoms with Gasteiger partial charge in [-0.25, -0.2) is 4.39 Å². The predicted molar refractivity (Wildman–Crippen MR) is 95.0 cm³/mol. The molecule has 1 aliphatic carbocycles. The number of halogens is 2. The summed E-state index contributed by atoms with van der Waals surface area (Å²) in [6.07, 6.45) is 7.91. The lowest BCUT2D eigenvalue weighted by Crippen LogP contribution is -2.33. The van der Waals surface area contributed by atoms with E-state index in [1.54, 1.807) is 12.1 Å². The highest BCUT2D eigenvalue weighted by Crippen LogP contribution is 2.39. The highest BCUT2D eigenvalue weighted by molar-refractivity contribution is 5.33. The topological polar surface area (TPSA) is 18.5 Å². The Morgan fingerprint density at radius 3 is 2.44 bits per heavy atom. The molecule has 2 nitrogen and oxygen atoms in total. The quantitative estimate of drug-likeness (QED) is 0.662. The van der Waals surface area contributed by atoms with Gasteiger partial charge in [0.2, 0.25) is 5.82 Å². The Morgan fingerprint density at radius 2 is 1.80 bits per heavy atom. The van der Waals surface area contributed by atoms with Gasteiger partial charge in [-0.15, -0.1) is 0 Å². The first-order valence-corrected chi connectivity index (χ1v) is 9.82. The summed E-state index contributed by atoms with van der Waals surface area (Å²) in [6.45, 7) is 5.14. The minimum atomic E-state index is -0.866. The molecule has 0 N–H and O–H groups in total. The van der Waals surface area contributed by atoms with Gasteiger partial charge in [0.05, 0.1) is 19.3 Å². The zero-order chi connectivity index (χ0) is 17.8. The highest BCUT2D eigenvalue weighted by atomic mass is 19.2. The molecular formula is C21H30F2O2. The molecule has 2 aliphatic rings. The van der Waals surface area contributed by atoms with Crippen LogP contribution in [0.2, 0.25) is 0 Å². The van der Waals surface area contributed by atoms with Gasteiger partial charge in [-0.1, -0.05) is 32.8 Å². The fourth-order valence-electron chi connectivity index (χ4n) is 4.23.